The molecule has 2 heterocycles. The summed E-state index contributed by atoms with van der Waals surface area (Å²) in [5.41, 5.74) is 2.51. The van der Waals surface area contributed by atoms with Gasteiger partial charge in [-0.15, -0.1) is 0 Å². The van der Waals surface area contributed by atoms with Crippen LogP contribution in [-0.2, 0) is 11.2 Å². The lowest BCUT2D eigenvalue weighted by molar-refractivity contribution is -0.131. The lowest BCUT2D eigenvalue weighted by Crippen LogP contribution is -2.48. The van der Waals surface area contributed by atoms with Crippen LogP contribution in [0.15, 0.2) is 24.3 Å². The van der Waals surface area contributed by atoms with Gasteiger partial charge < -0.3 is 9.80 Å². The number of benzene rings is 1. The molecule has 1 fully saturated rings. The predicted octanol–water partition coefficient (Wildman–Crippen LogP) is 4.45. The fraction of sp³-hybridized carbons (Fsp3) is 0.591. The van der Waals surface area contributed by atoms with Gasteiger partial charge in [-0.05, 0) is 18.9 Å². The van der Waals surface area contributed by atoms with Gasteiger partial charge in [0.15, 0.2) is 0 Å². The van der Waals surface area contributed by atoms with Crippen molar-refractivity contribution < 1.29 is 4.79 Å². The molecule has 152 valence electrons. The molecule has 5 nitrogen and oxygen atoms in total. The Labute approximate surface area is 172 Å². The number of hydrogen-bond acceptors (Lipinski definition) is 5. The van der Waals surface area contributed by atoms with Gasteiger partial charge in [0.25, 0.3) is 0 Å². The predicted molar refractivity (Wildman–Crippen MR) is 116 cm³/mol. The maximum Gasteiger partial charge on any atom is 0.222 e. The SMILES string of the molecule is CCCCCCCC(=O)N1CCN(c2nc(Cc3ccc(C)cc3)ns2)CC1. The van der Waals surface area contributed by atoms with Crippen molar-refractivity contribution in [3.05, 3.63) is 41.2 Å². The maximum absolute atomic E-state index is 12.4. The van der Waals surface area contributed by atoms with Crippen molar-refractivity contribution in [3.8, 4) is 0 Å². The first-order chi connectivity index (χ1) is 13.7. The van der Waals surface area contributed by atoms with Gasteiger partial charge in [0.1, 0.15) is 5.82 Å². The van der Waals surface area contributed by atoms with E-state index in [1.165, 1.54) is 48.3 Å². The summed E-state index contributed by atoms with van der Waals surface area (Å²) in [7, 11) is 0. The molecule has 0 saturated carbocycles. The van der Waals surface area contributed by atoms with Gasteiger partial charge in [-0.1, -0.05) is 62.4 Å². The van der Waals surface area contributed by atoms with Crippen LogP contribution in [0.1, 0.15) is 62.4 Å². The monoisotopic (exact) mass is 400 g/mol. The minimum atomic E-state index is 0.313. The summed E-state index contributed by atoms with van der Waals surface area (Å²) in [5.74, 6) is 1.20. The number of hydrogen-bond donors (Lipinski definition) is 0. The standard InChI is InChI=1S/C22H32N4OS/c1-3-4-5-6-7-8-21(27)25-13-15-26(16-14-25)22-23-20(24-28-22)17-19-11-9-18(2)10-12-19/h9-12H,3-8,13-17H2,1-2H3. The van der Waals surface area contributed by atoms with Crippen molar-refractivity contribution in [2.75, 3.05) is 31.1 Å². The number of unbranched alkanes of at least 4 members (excludes halogenated alkanes) is 4. The lowest BCUT2D eigenvalue weighted by Gasteiger charge is -2.34. The third-order valence-corrected chi connectivity index (χ3v) is 6.15. The zero-order chi connectivity index (χ0) is 19.8. The van der Waals surface area contributed by atoms with Crippen molar-refractivity contribution in [1.29, 1.82) is 0 Å². The van der Waals surface area contributed by atoms with Crippen molar-refractivity contribution in [1.82, 2.24) is 14.3 Å². The number of nitrogens with zero attached hydrogens (tertiary/aromatic N) is 4. The third kappa shape index (κ3) is 6.03. The highest BCUT2D eigenvalue weighted by Gasteiger charge is 2.23. The van der Waals surface area contributed by atoms with Crippen LogP contribution < -0.4 is 4.90 Å². The first-order valence-corrected chi connectivity index (χ1v) is 11.3. The molecule has 1 aliphatic heterocycles. The summed E-state index contributed by atoms with van der Waals surface area (Å²) in [6.45, 7) is 7.59. The quantitative estimate of drug-likeness (QED) is 0.584. The second kappa shape index (κ2) is 10.6. The molecule has 6 heteroatoms. The summed E-state index contributed by atoms with van der Waals surface area (Å²) in [6.07, 6.45) is 7.44. The first kappa shape index (κ1) is 20.8. The van der Waals surface area contributed by atoms with Gasteiger partial charge in [0.2, 0.25) is 11.0 Å². The van der Waals surface area contributed by atoms with Crippen LogP contribution >= 0.6 is 11.5 Å². The molecule has 1 aromatic carbocycles. The molecule has 28 heavy (non-hydrogen) atoms. The Kier molecular flexibility index (Phi) is 7.83. The highest BCUT2D eigenvalue weighted by atomic mass is 32.1. The van der Waals surface area contributed by atoms with Crippen LogP contribution in [0.3, 0.4) is 0 Å². The number of piperazine rings is 1. The van der Waals surface area contributed by atoms with E-state index in [1.54, 1.807) is 0 Å². The molecule has 1 aliphatic rings. The summed E-state index contributed by atoms with van der Waals surface area (Å²) in [5, 5.41) is 0.980. The molecule has 1 aromatic heterocycles. The van der Waals surface area contributed by atoms with Crippen LogP contribution in [0.5, 0.6) is 0 Å². The molecule has 2 aromatic rings. The molecule has 0 N–H and O–H groups in total. The molecule has 0 unspecified atom stereocenters. The topological polar surface area (TPSA) is 49.3 Å². The van der Waals surface area contributed by atoms with E-state index in [9.17, 15) is 4.79 Å². The van der Waals surface area contributed by atoms with Crippen molar-refractivity contribution >= 4 is 22.6 Å². The van der Waals surface area contributed by atoms with E-state index < -0.39 is 0 Å². The molecule has 0 radical (unpaired) electrons. The second-order valence-electron chi connectivity index (χ2n) is 7.69. The number of carbonyl (C=O) groups excluding carboxylic acids is 1. The number of anilines is 1. The fourth-order valence-electron chi connectivity index (χ4n) is 3.52. The van der Waals surface area contributed by atoms with E-state index >= 15 is 0 Å². The minimum absolute atomic E-state index is 0.313. The maximum atomic E-state index is 12.4. The summed E-state index contributed by atoms with van der Waals surface area (Å²) >= 11 is 1.47. The number of amides is 1. The Balaban J connectivity index is 1.43. The smallest absolute Gasteiger partial charge is 0.222 e. The van der Waals surface area contributed by atoms with E-state index in [2.05, 4.69) is 47.4 Å². The van der Waals surface area contributed by atoms with Gasteiger partial charge in [-0.2, -0.15) is 4.37 Å². The number of aryl methyl sites for hydroxylation is 1. The molecule has 3 rings (SSSR count). The minimum Gasteiger partial charge on any atom is -0.343 e. The van der Waals surface area contributed by atoms with E-state index in [1.807, 2.05) is 4.90 Å². The van der Waals surface area contributed by atoms with E-state index in [4.69, 9.17) is 4.98 Å². The average molecular weight is 401 g/mol. The van der Waals surface area contributed by atoms with Gasteiger partial charge in [-0.25, -0.2) is 4.98 Å². The molecule has 0 spiro atoms. The zero-order valence-electron chi connectivity index (χ0n) is 17.2. The molecule has 0 bridgehead atoms. The van der Waals surface area contributed by atoms with Crippen LogP contribution in [0.25, 0.3) is 0 Å². The Morgan fingerprint density at radius 3 is 2.46 bits per heavy atom. The van der Waals surface area contributed by atoms with Crippen molar-refractivity contribution in [3.63, 3.8) is 0 Å². The van der Waals surface area contributed by atoms with Crippen LogP contribution in [0.2, 0.25) is 0 Å². The molecule has 1 amide bonds. The van der Waals surface area contributed by atoms with Crippen LogP contribution in [0, 0.1) is 6.92 Å². The highest BCUT2D eigenvalue weighted by molar-refractivity contribution is 7.09. The van der Waals surface area contributed by atoms with Gasteiger partial charge in [-0.3, -0.25) is 4.79 Å². The number of carbonyl (C=O) groups is 1. The normalized spacial score (nSPS) is 14.5. The second-order valence-corrected chi connectivity index (χ2v) is 8.42. The first-order valence-electron chi connectivity index (χ1n) is 10.6. The lowest BCUT2D eigenvalue weighted by atomic mass is 10.1. The largest absolute Gasteiger partial charge is 0.343 e. The molecule has 0 aliphatic carbocycles. The molecule has 1 saturated heterocycles. The summed E-state index contributed by atoms with van der Waals surface area (Å²) in [4.78, 5) is 21.4. The number of rotatable bonds is 9. The van der Waals surface area contributed by atoms with E-state index in [0.29, 0.717) is 12.3 Å². The molecular weight excluding hydrogens is 368 g/mol. The summed E-state index contributed by atoms with van der Waals surface area (Å²) in [6, 6.07) is 8.54. The Morgan fingerprint density at radius 1 is 1.04 bits per heavy atom. The van der Waals surface area contributed by atoms with E-state index in [0.717, 1.165) is 50.0 Å². The Morgan fingerprint density at radius 2 is 1.75 bits per heavy atom. The van der Waals surface area contributed by atoms with Gasteiger partial charge >= 0.3 is 0 Å². The average Bonchev–Trinajstić information content (AvgIpc) is 3.18. The number of aromatic nitrogens is 2. The van der Waals surface area contributed by atoms with Crippen LogP contribution in [0.4, 0.5) is 5.13 Å². The third-order valence-electron chi connectivity index (χ3n) is 5.34. The van der Waals surface area contributed by atoms with Crippen molar-refractivity contribution in [2.24, 2.45) is 0 Å². The Bertz CT molecular complexity index is 735. The molecular formula is C22H32N4OS. The van der Waals surface area contributed by atoms with Gasteiger partial charge in [0.05, 0.1) is 0 Å². The van der Waals surface area contributed by atoms with Crippen molar-refractivity contribution in [2.45, 2.75) is 58.8 Å². The summed E-state index contributed by atoms with van der Waals surface area (Å²) < 4.78 is 4.54. The fourth-order valence-corrected chi connectivity index (χ4v) is 4.26. The highest BCUT2D eigenvalue weighted by Crippen LogP contribution is 2.21. The Hall–Kier alpha value is -1.95. The van der Waals surface area contributed by atoms with Gasteiger partial charge in [0, 0.05) is 50.6 Å². The molecule has 0 atom stereocenters. The zero-order valence-corrected chi connectivity index (χ0v) is 18.0. The van der Waals surface area contributed by atoms with E-state index in [-0.39, 0.29) is 0 Å². The van der Waals surface area contributed by atoms with Crippen LogP contribution in [-0.4, -0.2) is 46.3 Å².